The largest absolute Gasteiger partial charge is 0.0850 e. The third kappa shape index (κ3) is 0.950. The van der Waals surface area contributed by atoms with Gasteiger partial charge >= 0.3 is 0 Å². The van der Waals surface area contributed by atoms with E-state index < -0.39 is 0 Å². The van der Waals surface area contributed by atoms with Crippen LogP contribution in [0.5, 0.6) is 0 Å². The summed E-state index contributed by atoms with van der Waals surface area (Å²) >= 11 is 4.04. The molecule has 68 valence electrons. The molecule has 0 unspecified atom stereocenters. The normalized spacial score (nSPS) is 57.2. The van der Waals surface area contributed by atoms with Crippen LogP contribution >= 0.6 is 15.9 Å². The molecule has 12 heavy (non-hydrogen) atoms. The molecule has 0 N–H and O–H groups in total. The fourth-order valence-corrected chi connectivity index (χ4v) is 5.46. The molecule has 1 heteroatoms. The van der Waals surface area contributed by atoms with Gasteiger partial charge in [0.1, 0.15) is 0 Å². The summed E-state index contributed by atoms with van der Waals surface area (Å²) in [5.41, 5.74) is 0. The van der Waals surface area contributed by atoms with Crippen LogP contribution in [0.2, 0.25) is 0 Å². The van der Waals surface area contributed by atoms with Gasteiger partial charge in [-0.15, -0.1) is 0 Å². The fourth-order valence-electron chi connectivity index (χ4n) is 4.12. The van der Waals surface area contributed by atoms with Crippen LogP contribution in [-0.2, 0) is 0 Å². The van der Waals surface area contributed by atoms with E-state index in [4.69, 9.17) is 0 Å². The molecule has 4 fully saturated rings. The molecule has 4 rings (SSSR count). The number of halogens is 1. The molecule has 0 aromatic rings. The van der Waals surface area contributed by atoms with Gasteiger partial charge in [0.15, 0.2) is 0 Å². The van der Waals surface area contributed by atoms with Crippen LogP contribution in [0, 0.1) is 17.8 Å². The third-order valence-corrected chi connectivity index (χ3v) is 5.86. The summed E-state index contributed by atoms with van der Waals surface area (Å²) in [7, 11) is 0. The van der Waals surface area contributed by atoms with E-state index in [1.165, 1.54) is 38.5 Å². The van der Waals surface area contributed by atoms with Gasteiger partial charge < -0.3 is 0 Å². The lowest BCUT2D eigenvalue weighted by Gasteiger charge is -2.56. The Morgan fingerprint density at radius 3 is 2.75 bits per heavy atom. The van der Waals surface area contributed by atoms with Crippen molar-refractivity contribution >= 4 is 15.9 Å². The van der Waals surface area contributed by atoms with Crippen molar-refractivity contribution in [2.45, 2.75) is 49.3 Å². The SMILES string of the molecule is Br[C@@]12CCC[C@H]3C[C@@H](CC[C@H]31)C2. The Kier molecular flexibility index (Phi) is 1.63. The number of hydrogen-bond donors (Lipinski definition) is 0. The van der Waals surface area contributed by atoms with Gasteiger partial charge in [0.25, 0.3) is 0 Å². The Hall–Kier alpha value is 0.480. The highest BCUT2D eigenvalue weighted by Crippen LogP contribution is 2.60. The van der Waals surface area contributed by atoms with Gasteiger partial charge in [-0.3, -0.25) is 0 Å². The quantitative estimate of drug-likeness (QED) is 0.555. The minimum Gasteiger partial charge on any atom is -0.0850 e. The second-order valence-corrected chi connectivity index (χ2v) is 6.76. The molecule has 4 saturated carbocycles. The third-order valence-electron chi connectivity index (χ3n) is 4.55. The molecule has 0 aromatic heterocycles. The maximum atomic E-state index is 4.04. The average molecular weight is 229 g/mol. The monoisotopic (exact) mass is 228 g/mol. The first-order chi connectivity index (χ1) is 5.78. The molecule has 0 heterocycles. The molecule has 0 aromatic carbocycles. The number of alkyl halides is 1. The Bertz CT molecular complexity index is 201. The first kappa shape index (κ1) is 7.84. The predicted octanol–water partition coefficient (Wildman–Crippen LogP) is 3.74. The standard InChI is InChI=1S/C11H17Br/c12-11-5-1-2-9-6-8(7-11)3-4-10(9)11/h8-10H,1-7H2/t8-,9+,10-,11-/m1/s1. The van der Waals surface area contributed by atoms with E-state index >= 15 is 0 Å². The zero-order valence-corrected chi connectivity index (χ0v) is 9.15. The predicted molar refractivity (Wildman–Crippen MR) is 54.4 cm³/mol. The lowest BCUT2D eigenvalue weighted by molar-refractivity contribution is 0.0243. The van der Waals surface area contributed by atoms with Crippen LogP contribution in [-0.4, -0.2) is 4.32 Å². The van der Waals surface area contributed by atoms with Gasteiger partial charge in [-0.1, -0.05) is 35.2 Å². The Labute approximate surface area is 83.2 Å². The van der Waals surface area contributed by atoms with E-state index in [2.05, 4.69) is 15.9 Å². The van der Waals surface area contributed by atoms with Crippen molar-refractivity contribution in [3.63, 3.8) is 0 Å². The Morgan fingerprint density at radius 1 is 1.17 bits per heavy atom. The van der Waals surface area contributed by atoms with Crippen molar-refractivity contribution in [2.75, 3.05) is 0 Å². The van der Waals surface area contributed by atoms with Crippen molar-refractivity contribution in [1.29, 1.82) is 0 Å². The van der Waals surface area contributed by atoms with Gasteiger partial charge in [0.05, 0.1) is 0 Å². The first-order valence-corrected chi connectivity index (χ1v) is 6.26. The molecule has 0 spiro atoms. The molecule has 0 aliphatic heterocycles. The van der Waals surface area contributed by atoms with Crippen LogP contribution in [0.3, 0.4) is 0 Å². The van der Waals surface area contributed by atoms with E-state index in [-0.39, 0.29) is 0 Å². The first-order valence-electron chi connectivity index (χ1n) is 5.47. The molecule has 4 aliphatic rings. The molecule has 0 saturated heterocycles. The van der Waals surface area contributed by atoms with Crippen LogP contribution in [0.1, 0.15) is 44.9 Å². The zero-order valence-electron chi connectivity index (χ0n) is 7.56. The molecule has 4 aliphatic carbocycles. The zero-order chi connectivity index (χ0) is 8.18. The molecule has 4 atom stereocenters. The van der Waals surface area contributed by atoms with Crippen molar-refractivity contribution in [1.82, 2.24) is 0 Å². The second kappa shape index (κ2) is 2.50. The number of hydrogen-bond acceptors (Lipinski definition) is 0. The smallest absolute Gasteiger partial charge is 0.0291 e. The topological polar surface area (TPSA) is 0 Å². The molecule has 0 nitrogen and oxygen atoms in total. The summed E-state index contributed by atoms with van der Waals surface area (Å²) < 4.78 is 0.608. The summed E-state index contributed by atoms with van der Waals surface area (Å²) in [4.78, 5) is 0. The summed E-state index contributed by atoms with van der Waals surface area (Å²) in [6, 6.07) is 0. The van der Waals surface area contributed by atoms with Gasteiger partial charge in [-0.2, -0.15) is 0 Å². The number of fused-ring (bicyclic) bond motifs is 1. The van der Waals surface area contributed by atoms with E-state index in [1.54, 1.807) is 6.42 Å². The van der Waals surface area contributed by atoms with E-state index in [0.717, 1.165) is 17.8 Å². The van der Waals surface area contributed by atoms with Gasteiger partial charge in [-0.05, 0) is 43.4 Å². The van der Waals surface area contributed by atoms with E-state index in [0.29, 0.717) is 4.32 Å². The van der Waals surface area contributed by atoms with Crippen LogP contribution < -0.4 is 0 Å². The Balaban J connectivity index is 1.94. The van der Waals surface area contributed by atoms with Gasteiger partial charge in [-0.25, -0.2) is 0 Å². The maximum Gasteiger partial charge on any atom is 0.0291 e. The average Bonchev–Trinajstić information content (AvgIpc) is 2.03. The lowest BCUT2D eigenvalue weighted by Crippen LogP contribution is -2.50. The highest BCUT2D eigenvalue weighted by Gasteiger charge is 2.51. The fraction of sp³-hybridized carbons (Fsp3) is 1.00. The molecule has 0 radical (unpaired) electrons. The van der Waals surface area contributed by atoms with Crippen molar-refractivity contribution in [3.05, 3.63) is 0 Å². The van der Waals surface area contributed by atoms with Crippen molar-refractivity contribution < 1.29 is 0 Å². The second-order valence-electron chi connectivity index (χ2n) is 5.18. The molecular weight excluding hydrogens is 212 g/mol. The van der Waals surface area contributed by atoms with Crippen molar-refractivity contribution in [3.8, 4) is 0 Å². The van der Waals surface area contributed by atoms with Crippen molar-refractivity contribution in [2.24, 2.45) is 17.8 Å². The molecule has 4 bridgehead atoms. The van der Waals surface area contributed by atoms with Crippen LogP contribution in [0.25, 0.3) is 0 Å². The van der Waals surface area contributed by atoms with Crippen LogP contribution in [0.15, 0.2) is 0 Å². The summed E-state index contributed by atoms with van der Waals surface area (Å²) in [5.74, 6) is 3.24. The van der Waals surface area contributed by atoms with E-state index in [1.807, 2.05) is 0 Å². The van der Waals surface area contributed by atoms with Gasteiger partial charge in [0, 0.05) is 4.32 Å². The lowest BCUT2D eigenvalue weighted by atomic mass is 9.55. The summed E-state index contributed by atoms with van der Waals surface area (Å²) in [5, 5.41) is 0. The highest BCUT2D eigenvalue weighted by atomic mass is 79.9. The van der Waals surface area contributed by atoms with Crippen LogP contribution in [0.4, 0.5) is 0 Å². The minimum absolute atomic E-state index is 0.608. The number of rotatable bonds is 0. The molecular formula is C11H17Br. The molecule has 0 amide bonds. The van der Waals surface area contributed by atoms with Gasteiger partial charge in [0.2, 0.25) is 0 Å². The minimum atomic E-state index is 0.608. The van der Waals surface area contributed by atoms with E-state index in [9.17, 15) is 0 Å². The Morgan fingerprint density at radius 2 is 2.08 bits per heavy atom. The summed E-state index contributed by atoms with van der Waals surface area (Å²) in [6.07, 6.45) is 10.6. The summed E-state index contributed by atoms with van der Waals surface area (Å²) in [6.45, 7) is 0. The highest BCUT2D eigenvalue weighted by molar-refractivity contribution is 9.10. The maximum absolute atomic E-state index is 4.04.